The first-order valence-electron chi connectivity index (χ1n) is 7.19. The Morgan fingerprint density at radius 1 is 1.33 bits per heavy atom. The van der Waals surface area contributed by atoms with Crippen LogP contribution in [0.2, 0.25) is 0 Å². The molecular formula is C13H20N4O6S. The highest BCUT2D eigenvalue weighted by Crippen LogP contribution is 2.22. The number of nitrogens with zero attached hydrogens (tertiary/aromatic N) is 1. The van der Waals surface area contributed by atoms with Crippen LogP contribution in [-0.4, -0.2) is 43.7 Å². The monoisotopic (exact) mass is 360 g/mol. The Bertz CT molecular complexity index is 679. The molecule has 0 aliphatic rings. The van der Waals surface area contributed by atoms with Crippen LogP contribution in [0.15, 0.2) is 29.2 Å². The van der Waals surface area contributed by atoms with Crippen molar-refractivity contribution in [3.05, 3.63) is 34.4 Å². The van der Waals surface area contributed by atoms with Gasteiger partial charge in [0.15, 0.2) is 4.90 Å². The van der Waals surface area contributed by atoms with E-state index in [1.807, 2.05) is 0 Å². The maximum atomic E-state index is 12.1. The van der Waals surface area contributed by atoms with Gasteiger partial charge < -0.3 is 16.2 Å². The number of sulfonamides is 1. The zero-order valence-electron chi connectivity index (χ0n) is 12.8. The molecule has 0 aromatic heterocycles. The summed E-state index contributed by atoms with van der Waals surface area (Å²) in [5, 5.41) is 21.5. The number of amides is 1. The molecule has 10 nitrogen and oxygen atoms in total. The number of carboxylic acid groups (broad SMARTS) is 1. The summed E-state index contributed by atoms with van der Waals surface area (Å²) in [5.41, 5.74) is 5.21. The van der Waals surface area contributed by atoms with Gasteiger partial charge in [-0.15, -0.1) is 0 Å². The molecule has 0 saturated carbocycles. The molecule has 24 heavy (non-hydrogen) atoms. The van der Waals surface area contributed by atoms with E-state index in [1.54, 1.807) is 0 Å². The van der Waals surface area contributed by atoms with E-state index in [0.29, 0.717) is 19.3 Å². The average molecular weight is 360 g/mol. The highest BCUT2D eigenvalue weighted by Gasteiger charge is 2.24. The highest BCUT2D eigenvalue weighted by molar-refractivity contribution is 7.89. The van der Waals surface area contributed by atoms with Gasteiger partial charge in [-0.2, -0.15) is 0 Å². The summed E-state index contributed by atoms with van der Waals surface area (Å²) in [5.74, 6) is 0. The Kier molecular flexibility index (Phi) is 7.55. The van der Waals surface area contributed by atoms with Crippen LogP contribution < -0.4 is 15.8 Å². The van der Waals surface area contributed by atoms with Crippen LogP contribution in [0, 0.1) is 10.1 Å². The van der Waals surface area contributed by atoms with Gasteiger partial charge in [-0.1, -0.05) is 18.6 Å². The number of hydrogen-bond acceptors (Lipinski definition) is 6. The molecule has 1 atom stereocenters. The predicted molar refractivity (Wildman–Crippen MR) is 86.1 cm³/mol. The second-order valence-electron chi connectivity index (χ2n) is 5.06. The largest absolute Gasteiger partial charge is 0.465 e. The second kappa shape index (κ2) is 9.15. The molecule has 0 heterocycles. The molecule has 1 amide bonds. The van der Waals surface area contributed by atoms with Crippen molar-refractivity contribution < 1.29 is 23.2 Å². The van der Waals surface area contributed by atoms with Crippen molar-refractivity contribution in [2.45, 2.75) is 30.2 Å². The molecule has 0 saturated heterocycles. The lowest BCUT2D eigenvalue weighted by molar-refractivity contribution is -0.387. The molecule has 0 bridgehead atoms. The van der Waals surface area contributed by atoms with E-state index >= 15 is 0 Å². The van der Waals surface area contributed by atoms with Gasteiger partial charge in [0.2, 0.25) is 10.0 Å². The quantitative estimate of drug-likeness (QED) is 0.270. The van der Waals surface area contributed by atoms with Gasteiger partial charge in [-0.3, -0.25) is 10.1 Å². The van der Waals surface area contributed by atoms with Crippen LogP contribution in [0.5, 0.6) is 0 Å². The minimum atomic E-state index is -3.97. The lowest BCUT2D eigenvalue weighted by atomic mass is 10.1. The SMILES string of the molecule is NC(CCCCNS(=O)(=O)c1ccccc1[N+](=O)[O-])CNC(=O)O. The van der Waals surface area contributed by atoms with Crippen molar-refractivity contribution >= 4 is 21.8 Å². The van der Waals surface area contributed by atoms with Crippen LogP contribution in [-0.2, 0) is 10.0 Å². The molecule has 1 aromatic carbocycles. The van der Waals surface area contributed by atoms with Gasteiger partial charge in [-0.05, 0) is 18.9 Å². The maximum absolute atomic E-state index is 12.1. The summed E-state index contributed by atoms with van der Waals surface area (Å²) >= 11 is 0. The molecule has 0 aliphatic heterocycles. The molecule has 0 radical (unpaired) electrons. The minimum absolute atomic E-state index is 0.105. The van der Waals surface area contributed by atoms with E-state index in [4.69, 9.17) is 10.8 Å². The summed E-state index contributed by atoms with van der Waals surface area (Å²) in [6, 6.07) is 4.75. The number of carbonyl (C=O) groups is 1. The second-order valence-corrected chi connectivity index (χ2v) is 6.80. The van der Waals surface area contributed by atoms with Crippen molar-refractivity contribution in [1.82, 2.24) is 10.0 Å². The Morgan fingerprint density at radius 2 is 2.00 bits per heavy atom. The highest BCUT2D eigenvalue weighted by atomic mass is 32.2. The van der Waals surface area contributed by atoms with E-state index in [9.17, 15) is 23.3 Å². The summed E-state index contributed by atoms with van der Waals surface area (Å²) in [6.07, 6.45) is 0.429. The predicted octanol–water partition coefficient (Wildman–Crippen LogP) is 0.638. The number of nitro benzene ring substituents is 1. The van der Waals surface area contributed by atoms with Crippen LogP contribution in [0.1, 0.15) is 19.3 Å². The summed E-state index contributed by atoms with van der Waals surface area (Å²) in [4.78, 5) is 20.1. The van der Waals surface area contributed by atoms with Gasteiger partial charge >= 0.3 is 6.09 Å². The fraction of sp³-hybridized carbons (Fsp3) is 0.462. The molecule has 0 aliphatic carbocycles. The van der Waals surface area contributed by atoms with Crippen molar-refractivity contribution in [3.8, 4) is 0 Å². The van der Waals surface area contributed by atoms with E-state index < -0.39 is 26.7 Å². The summed E-state index contributed by atoms with van der Waals surface area (Å²) < 4.78 is 26.5. The van der Waals surface area contributed by atoms with E-state index in [-0.39, 0.29) is 24.0 Å². The molecular weight excluding hydrogens is 340 g/mol. The molecule has 0 spiro atoms. The lowest BCUT2D eigenvalue weighted by Gasteiger charge is -2.11. The number of nitrogens with two attached hydrogens (primary N) is 1. The number of rotatable bonds is 10. The van der Waals surface area contributed by atoms with Crippen LogP contribution in [0.4, 0.5) is 10.5 Å². The Morgan fingerprint density at radius 3 is 2.62 bits per heavy atom. The van der Waals surface area contributed by atoms with Crippen molar-refractivity contribution in [2.24, 2.45) is 5.73 Å². The van der Waals surface area contributed by atoms with E-state index in [0.717, 1.165) is 6.07 Å². The lowest BCUT2D eigenvalue weighted by Crippen LogP contribution is -2.36. The Labute approximate surface area is 139 Å². The minimum Gasteiger partial charge on any atom is -0.465 e. The third kappa shape index (κ3) is 6.48. The van der Waals surface area contributed by atoms with E-state index in [2.05, 4.69) is 10.0 Å². The van der Waals surface area contributed by atoms with Gasteiger partial charge in [-0.25, -0.2) is 17.9 Å². The average Bonchev–Trinajstić information content (AvgIpc) is 2.52. The van der Waals surface area contributed by atoms with Crippen LogP contribution >= 0.6 is 0 Å². The number of unbranched alkanes of at least 4 members (excludes halogenated alkanes) is 1. The zero-order valence-corrected chi connectivity index (χ0v) is 13.7. The molecule has 11 heteroatoms. The van der Waals surface area contributed by atoms with Crippen LogP contribution in [0.3, 0.4) is 0 Å². The van der Waals surface area contributed by atoms with Crippen molar-refractivity contribution in [1.29, 1.82) is 0 Å². The Balaban J connectivity index is 2.45. The number of nitro groups is 1. The van der Waals surface area contributed by atoms with Crippen molar-refractivity contribution in [3.63, 3.8) is 0 Å². The topological polar surface area (TPSA) is 165 Å². The molecule has 5 N–H and O–H groups in total. The first-order valence-corrected chi connectivity index (χ1v) is 8.68. The first kappa shape index (κ1) is 19.8. The third-order valence-corrected chi connectivity index (χ3v) is 4.67. The molecule has 1 aromatic rings. The Hall–Kier alpha value is -2.24. The molecule has 0 fully saturated rings. The van der Waals surface area contributed by atoms with Gasteiger partial charge in [0.25, 0.3) is 5.69 Å². The number of nitrogens with one attached hydrogen (secondary N) is 2. The maximum Gasteiger partial charge on any atom is 0.404 e. The number of benzene rings is 1. The first-order chi connectivity index (χ1) is 11.2. The third-order valence-electron chi connectivity index (χ3n) is 3.16. The zero-order chi connectivity index (χ0) is 18.2. The van der Waals surface area contributed by atoms with Gasteiger partial charge in [0, 0.05) is 25.2 Å². The fourth-order valence-electron chi connectivity index (χ4n) is 1.97. The number of hydrogen-bond donors (Lipinski definition) is 4. The summed E-state index contributed by atoms with van der Waals surface area (Å²) in [6.45, 7) is 0.227. The molecule has 134 valence electrons. The molecule has 1 unspecified atom stereocenters. The van der Waals surface area contributed by atoms with E-state index in [1.165, 1.54) is 18.2 Å². The normalized spacial score (nSPS) is 12.5. The summed E-state index contributed by atoms with van der Waals surface area (Å²) in [7, 11) is -3.97. The van der Waals surface area contributed by atoms with Crippen molar-refractivity contribution in [2.75, 3.05) is 13.1 Å². The smallest absolute Gasteiger partial charge is 0.404 e. The van der Waals surface area contributed by atoms with Gasteiger partial charge in [0.05, 0.1) is 4.92 Å². The fourth-order valence-corrected chi connectivity index (χ4v) is 3.22. The number of para-hydroxylation sites is 1. The van der Waals surface area contributed by atoms with Crippen LogP contribution in [0.25, 0.3) is 0 Å². The van der Waals surface area contributed by atoms with Gasteiger partial charge in [0.1, 0.15) is 0 Å². The standard InChI is InChI=1S/C13H20N4O6S/c14-10(9-15-13(18)19)5-3-4-8-16-24(22,23)12-7-2-1-6-11(12)17(20)21/h1-2,6-7,10,15-16H,3-5,8-9,14H2,(H,18,19). The molecule has 1 rings (SSSR count).